The van der Waals surface area contributed by atoms with Crippen molar-refractivity contribution in [2.45, 2.75) is 39.7 Å². The van der Waals surface area contributed by atoms with E-state index in [1.807, 2.05) is 53.4 Å². The lowest BCUT2D eigenvalue weighted by atomic mass is 9.99. The number of carbonyl (C=O) groups is 1. The number of aryl methyl sites for hydroxylation is 1. The summed E-state index contributed by atoms with van der Waals surface area (Å²) >= 11 is 6.02. The summed E-state index contributed by atoms with van der Waals surface area (Å²) in [5.41, 5.74) is 2.33. The van der Waals surface area contributed by atoms with Crippen LogP contribution in [-0.4, -0.2) is 48.5 Å². The molecule has 1 amide bonds. The van der Waals surface area contributed by atoms with Crippen LogP contribution in [0.1, 0.15) is 37.8 Å². The van der Waals surface area contributed by atoms with Gasteiger partial charge in [0.1, 0.15) is 5.75 Å². The topological polar surface area (TPSA) is 32.8 Å². The predicted molar refractivity (Wildman–Crippen MR) is 123 cm³/mol. The van der Waals surface area contributed by atoms with Crippen LogP contribution >= 0.6 is 11.6 Å². The van der Waals surface area contributed by atoms with Crippen LogP contribution in [-0.2, 0) is 17.8 Å². The smallest absolute Gasteiger partial charge is 0.260 e. The normalized spacial score (nSPS) is 15.2. The van der Waals surface area contributed by atoms with Crippen LogP contribution in [0.4, 0.5) is 0 Å². The summed E-state index contributed by atoms with van der Waals surface area (Å²) < 4.78 is 5.79. The zero-order valence-electron chi connectivity index (χ0n) is 18.1. The van der Waals surface area contributed by atoms with E-state index < -0.39 is 0 Å². The van der Waals surface area contributed by atoms with E-state index in [1.165, 1.54) is 18.4 Å². The Balaban J connectivity index is 1.59. The summed E-state index contributed by atoms with van der Waals surface area (Å²) in [6.45, 7) is 8.89. The number of amides is 1. The molecule has 0 unspecified atom stereocenters. The molecular weight excluding hydrogens is 396 g/mol. The van der Waals surface area contributed by atoms with Gasteiger partial charge in [0.25, 0.3) is 5.91 Å². The van der Waals surface area contributed by atoms with E-state index in [0.717, 1.165) is 43.3 Å². The zero-order chi connectivity index (χ0) is 21.3. The molecule has 0 radical (unpaired) electrons. The second-order valence-corrected chi connectivity index (χ2v) is 8.69. The Morgan fingerprint density at radius 2 is 1.70 bits per heavy atom. The van der Waals surface area contributed by atoms with Crippen molar-refractivity contribution in [3.63, 3.8) is 0 Å². The molecule has 2 aromatic carbocycles. The van der Waals surface area contributed by atoms with Crippen molar-refractivity contribution in [1.82, 2.24) is 9.80 Å². The van der Waals surface area contributed by atoms with Gasteiger partial charge >= 0.3 is 0 Å². The summed E-state index contributed by atoms with van der Waals surface area (Å²) in [5.74, 6) is 1.55. The van der Waals surface area contributed by atoms with Crippen LogP contribution < -0.4 is 4.74 Å². The van der Waals surface area contributed by atoms with Crippen LogP contribution in [0.5, 0.6) is 5.75 Å². The Labute approximate surface area is 185 Å². The van der Waals surface area contributed by atoms with Gasteiger partial charge < -0.3 is 14.5 Å². The molecule has 0 bridgehead atoms. The van der Waals surface area contributed by atoms with Crippen LogP contribution in [0.2, 0.25) is 5.02 Å². The van der Waals surface area contributed by atoms with Crippen LogP contribution in [0.25, 0.3) is 0 Å². The third-order valence-electron chi connectivity index (χ3n) is 5.90. The van der Waals surface area contributed by atoms with Crippen molar-refractivity contribution in [2.75, 3.05) is 32.8 Å². The van der Waals surface area contributed by atoms with Gasteiger partial charge in [0, 0.05) is 24.7 Å². The number of halogens is 1. The van der Waals surface area contributed by atoms with E-state index in [1.54, 1.807) is 0 Å². The van der Waals surface area contributed by atoms with Gasteiger partial charge in [-0.25, -0.2) is 0 Å². The highest BCUT2D eigenvalue weighted by atomic mass is 35.5. The van der Waals surface area contributed by atoms with Gasteiger partial charge in [-0.2, -0.15) is 0 Å². The summed E-state index contributed by atoms with van der Waals surface area (Å²) in [6.07, 6.45) is 3.47. The highest BCUT2D eigenvalue weighted by Crippen LogP contribution is 2.17. The first kappa shape index (κ1) is 22.6. The fourth-order valence-corrected chi connectivity index (χ4v) is 3.83. The number of hydrogen-bond acceptors (Lipinski definition) is 3. The van der Waals surface area contributed by atoms with Crippen LogP contribution in [0, 0.1) is 5.92 Å². The average molecular weight is 429 g/mol. The lowest BCUT2D eigenvalue weighted by Crippen LogP contribution is -2.42. The number of hydrogen-bond donors (Lipinski definition) is 0. The van der Waals surface area contributed by atoms with Crippen molar-refractivity contribution in [3.8, 4) is 5.75 Å². The summed E-state index contributed by atoms with van der Waals surface area (Å²) in [5, 5.41) is 0.706. The number of rotatable bonds is 9. The first-order valence-electron chi connectivity index (χ1n) is 11.0. The number of carbonyl (C=O) groups excluding carboxylic acids is 1. The lowest BCUT2D eigenvalue weighted by Gasteiger charge is -2.32. The molecule has 1 aliphatic heterocycles. The molecule has 0 spiro atoms. The molecule has 0 N–H and O–H groups in total. The number of benzene rings is 2. The number of likely N-dealkylation sites (tertiary alicyclic amines) is 1. The second-order valence-electron chi connectivity index (χ2n) is 8.25. The van der Waals surface area contributed by atoms with Crippen LogP contribution in [0.15, 0.2) is 48.5 Å². The van der Waals surface area contributed by atoms with E-state index >= 15 is 0 Å². The minimum absolute atomic E-state index is 0.00916. The van der Waals surface area contributed by atoms with Gasteiger partial charge in [0.2, 0.25) is 0 Å². The molecule has 0 aromatic heterocycles. The maximum Gasteiger partial charge on any atom is 0.260 e. The first-order valence-corrected chi connectivity index (χ1v) is 11.4. The average Bonchev–Trinajstić information content (AvgIpc) is 2.77. The largest absolute Gasteiger partial charge is 0.484 e. The van der Waals surface area contributed by atoms with Gasteiger partial charge in [-0.1, -0.05) is 49.7 Å². The van der Waals surface area contributed by atoms with Crippen molar-refractivity contribution >= 4 is 17.5 Å². The molecule has 0 aliphatic carbocycles. The maximum absolute atomic E-state index is 13.0. The third kappa shape index (κ3) is 7.03. The van der Waals surface area contributed by atoms with Crippen LogP contribution in [0.3, 0.4) is 0 Å². The SMILES string of the molecule is CCc1ccc(OCC(=O)N(CCN2CCC(C)CC2)Cc2ccc(Cl)cc2)cc1. The maximum atomic E-state index is 13.0. The van der Waals surface area contributed by atoms with E-state index in [9.17, 15) is 4.79 Å². The molecule has 4 nitrogen and oxygen atoms in total. The highest BCUT2D eigenvalue weighted by molar-refractivity contribution is 6.30. The van der Waals surface area contributed by atoms with Gasteiger partial charge in [-0.15, -0.1) is 0 Å². The fourth-order valence-electron chi connectivity index (χ4n) is 3.71. The minimum Gasteiger partial charge on any atom is -0.484 e. The number of nitrogens with zero attached hydrogens (tertiary/aromatic N) is 2. The van der Waals surface area contributed by atoms with Crippen molar-refractivity contribution in [2.24, 2.45) is 5.92 Å². The molecule has 0 saturated carbocycles. The Kier molecular flexibility index (Phi) is 8.59. The fraction of sp³-hybridized carbons (Fsp3) is 0.480. The Morgan fingerprint density at radius 3 is 2.33 bits per heavy atom. The molecule has 2 aromatic rings. The summed E-state index contributed by atoms with van der Waals surface area (Å²) in [4.78, 5) is 17.4. The highest BCUT2D eigenvalue weighted by Gasteiger charge is 2.19. The van der Waals surface area contributed by atoms with Gasteiger partial charge in [-0.3, -0.25) is 4.79 Å². The van der Waals surface area contributed by atoms with Crippen molar-refractivity contribution < 1.29 is 9.53 Å². The molecule has 5 heteroatoms. The molecule has 162 valence electrons. The van der Waals surface area contributed by atoms with E-state index in [4.69, 9.17) is 16.3 Å². The molecule has 1 aliphatic rings. The molecular formula is C25H33ClN2O2. The minimum atomic E-state index is 0.00916. The van der Waals surface area contributed by atoms with Gasteiger partial charge in [0.05, 0.1) is 0 Å². The second kappa shape index (κ2) is 11.4. The number of ether oxygens (including phenoxy) is 1. The van der Waals surface area contributed by atoms with E-state index in [2.05, 4.69) is 18.7 Å². The third-order valence-corrected chi connectivity index (χ3v) is 6.15. The molecule has 1 heterocycles. The molecule has 3 rings (SSSR count). The standard InChI is InChI=1S/C25H33ClN2O2/c1-3-21-6-10-24(11-7-21)30-19-25(29)28(18-22-4-8-23(26)9-5-22)17-16-27-14-12-20(2)13-15-27/h4-11,20H,3,12-19H2,1-2H3. The van der Waals surface area contributed by atoms with Gasteiger partial charge in [0.15, 0.2) is 6.61 Å². The van der Waals surface area contributed by atoms with Crippen molar-refractivity contribution in [1.29, 1.82) is 0 Å². The van der Waals surface area contributed by atoms with Crippen molar-refractivity contribution in [3.05, 3.63) is 64.7 Å². The lowest BCUT2D eigenvalue weighted by molar-refractivity contribution is -0.134. The Morgan fingerprint density at radius 1 is 1.07 bits per heavy atom. The molecule has 1 fully saturated rings. The van der Waals surface area contributed by atoms with E-state index in [0.29, 0.717) is 18.1 Å². The summed E-state index contributed by atoms with van der Waals surface area (Å²) in [7, 11) is 0. The molecule has 30 heavy (non-hydrogen) atoms. The first-order chi connectivity index (χ1) is 14.5. The Hall–Kier alpha value is -2.04. The van der Waals surface area contributed by atoms with Gasteiger partial charge in [-0.05, 0) is 73.7 Å². The zero-order valence-corrected chi connectivity index (χ0v) is 18.9. The van der Waals surface area contributed by atoms with E-state index in [-0.39, 0.29) is 12.5 Å². The number of piperidine rings is 1. The Bertz CT molecular complexity index is 784. The predicted octanol–water partition coefficient (Wildman–Crippen LogP) is 5.04. The quantitative estimate of drug-likeness (QED) is 0.560. The molecule has 1 saturated heterocycles. The monoisotopic (exact) mass is 428 g/mol. The summed E-state index contributed by atoms with van der Waals surface area (Å²) in [6, 6.07) is 15.7. The molecule has 0 atom stereocenters.